The van der Waals surface area contributed by atoms with Crippen molar-refractivity contribution in [2.24, 2.45) is 0 Å². The average molecular weight is 461 g/mol. The number of pyridine rings is 1. The van der Waals surface area contributed by atoms with Crippen molar-refractivity contribution in [3.63, 3.8) is 0 Å². The zero-order valence-corrected chi connectivity index (χ0v) is 19.2. The summed E-state index contributed by atoms with van der Waals surface area (Å²) in [4.78, 5) is 34.4. The van der Waals surface area contributed by atoms with E-state index in [2.05, 4.69) is 15.2 Å². The molecule has 3 heterocycles. The molecule has 176 valence electrons. The van der Waals surface area contributed by atoms with Crippen molar-refractivity contribution >= 4 is 34.1 Å². The van der Waals surface area contributed by atoms with Gasteiger partial charge in [-0.25, -0.2) is 4.98 Å². The van der Waals surface area contributed by atoms with E-state index in [0.717, 1.165) is 36.0 Å². The number of ether oxygens (including phenoxy) is 1. The molecule has 2 aromatic carbocycles. The SMILES string of the molecule is Cc1cc(O)nc2ccc(NC(=O)c3cccc(CN4CCOCC4)c3N3CCCC3=O)cc12. The number of morpholine rings is 1. The average Bonchev–Trinajstić information content (AvgIpc) is 3.25. The Morgan fingerprint density at radius 1 is 1.15 bits per heavy atom. The van der Waals surface area contributed by atoms with Gasteiger partial charge in [0.15, 0.2) is 0 Å². The molecule has 2 aliphatic rings. The Balaban J connectivity index is 1.48. The van der Waals surface area contributed by atoms with E-state index in [1.165, 1.54) is 0 Å². The predicted molar refractivity (Wildman–Crippen MR) is 130 cm³/mol. The fourth-order valence-corrected chi connectivity index (χ4v) is 4.76. The van der Waals surface area contributed by atoms with E-state index in [1.54, 1.807) is 29.2 Å². The number of carbonyl (C=O) groups is 2. The van der Waals surface area contributed by atoms with Gasteiger partial charge in [0.1, 0.15) is 0 Å². The summed E-state index contributed by atoms with van der Waals surface area (Å²) in [5.41, 5.74) is 4.32. The minimum Gasteiger partial charge on any atom is -0.493 e. The molecule has 0 radical (unpaired) electrons. The summed E-state index contributed by atoms with van der Waals surface area (Å²) in [5.74, 6) is -0.239. The van der Waals surface area contributed by atoms with Crippen LogP contribution in [0.5, 0.6) is 5.88 Å². The number of hydrogen-bond donors (Lipinski definition) is 2. The Morgan fingerprint density at radius 3 is 2.74 bits per heavy atom. The zero-order valence-electron chi connectivity index (χ0n) is 19.2. The van der Waals surface area contributed by atoms with Crippen LogP contribution in [0.3, 0.4) is 0 Å². The Kier molecular flexibility index (Phi) is 6.17. The molecule has 0 spiro atoms. The number of rotatable bonds is 5. The van der Waals surface area contributed by atoms with Crippen molar-refractivity contribution < 1.29 is 19.4 Å². The summed E-state index contributed by atoms with van der Waals surface area (Å²) in [7, 11) is 0. The molecule has 34 heavy (non-hydrogen) atoms. The first kappa shape index (κ1) is 22.3. The van der Waals surface area contributed by atoms with Crippen molar-refractivity contribution in [3.05, 3.63) is 59.2 Å². The highest BCUT2D eigenvalue weighted by Gasteiger charge is 2.29. The molecule has 8 nitrogen and oxygen atoms in total. The molecule has 0 aliphatic carbocycles. The Bertz CT molecular complexity index is 1250. The molecule has 1 aromatic heterocycles. The molecule has 0 unspecified atom stereocenters. The Labute approximate surface area is 198 Å². The molecule has 0 saturated carbocycles. The maximum absolute atomic E-state index is 13.5. The second-order valence-corrected chi connectivity index (χ2v) is 8.83. The summed E-state index contributed by atoms with van der Waals surface area (Å²) in [6, 6.07) is 12.7. The highest BCUT2D eigenvalue weighted by atomic mass is 16.5. The fourth-order valence-electron chi connectivity index (χ4n) is 4.76. The Morgan fingerprint density at radius 2 is 1.97 bits per heavy atom. The molecule has 2 fully saturated rings. The molecule has 3 aromatic rings. The third-order valence-corrected chi connectivity index (χ3v) is 6.47. The van der Waals surface area contributed by atoms with Crippen molar-refractivity contribution in [2.45, 2.75) is 26.3 Å². The summed E-state index contributed by atoms with van der Waals surface area (Å²) in [6.07, 6.45) is 1.28. The number of para-hydroxylation sites is 1. The number of aromatic nitrogens is 1. The quantitative estimate of drug-likeness (QED) is 0.606. The van der Waals surface area contributed by atoms with Gasteiger partial charge in [-0.1, -0.05) is 12.1 Å². The zero-order chi connectivity index (χ0) is 23.7. The maximum Gasteiger partial charge on any atom is 0.257 e. The molecule has 0 atom stereocenters. The summed E-state index contributed by atoms with van der Waals surface area (Å²) >= 11 is 0. The molecule has 2 amide bonds. The van der Waals surface area contributed by atoms with Crippen molar-refractivity contribution in [2.75, 3.05) is 43.1 Å². The van der Waals surface area contributed by atoms with Gasteiger partial charge in [-0.05, 0) is 48.7 Å². The van der Waals surface area contributed by atoms with E-state index in [9.17, 15) is 14.7 Å². The van der Waals surface area contributed by atoms with Crippen molar-refractivity contribution in [1.82, 2.24) is 9.88 Å². The van der Waals surface area contributed by atoms with E-state index < -0.39 is 0 Å². The first-order chi connectivity index (χ1) is 16.5. The summed E-state index contributed by atoms with van der Waals surface area (Å²) in [5, 5.41) is 13.6. The second-order valence-electron chi connectivity index (χ2n) is 8.83. The van der Waals surface area contributed by atoms with Gasteiger partial charge in [0, 0.05) is 49.7 Å². The fraction of sp³-hybridized carbons (Fsp3) is 0.346. The molecule has 2 N–H and O–H groups in total. The van der Waals surface area contributed by atoms with Crippen LogP contribution in [-0.2, 0) is 16.1 Å². The third-order valence-electron chi connectivity index (χ3n) is 6.47. The monoisotopic (exact) mass is 460 g/mol. The van der Waals surface area contributed by atoms with Crippen molar-refractivity contribution in [1.29, 1.82) is 0 Å². The number of fused-ring (bicyclic) bond motifs is 1. The number of aromatic hydroxyl groups is 1. The lowest BCUT2D eigenvalue weighted by atomic mass is 10.0. The molecular formula is C26H28N4O4. The van der Waals surface area contributed by atoms with Crippen molar-refractivity contribution in [3.8, 4) is 5.88 Å². The number of anilines is 2. The van der Waals surface area contributed by atoms with Gasteiger partial charge in [-0.3, -0.25) is 14.5 Å². The van der Waals surface area contributed by atoms with Crippen LogP contribution in [0.2, 0.25) is 0 Å². The van der Waals surface area contributed by atoms with Crippen LogP contribution in [0.1, 0.15) is 34.3 Å². The number of hydrogen-bond acceptors (Lipinski definition) is 6. The number of amides is 2. The minimum absolute atomic E-state index is 0.0289. The van der Waals surface area contributed by atoms with Crippen LogP contribution < -0.4 is 10.2 Å². The van der Waals surface area contributed by atoms with E-state index in [-0.39, 0.29) is 17.7 Å². The van der Waals surface area contributed by atoms with Crippen LogP contribution in [0.4, 0.5) is 11.4 Å². The van der Waals surface area contributed by atoms with Crippen LogP contribution in [0.15, 0.2) is 42.5 Å². The van der Waals surface area contributed by atoms with Gasteiger partial charge < -0.3 is 20.1 Å². The number of benzene rings is 2. The lowest BCUT2D eigenvalue weighted by molar-refractivity contribution is -0.117. The first-order valence-electron chi connectivity index (χ1n) is 11.6. The van der Waals surface area contributed by atoms with Gasteiger partial charge in [-0.2, -0.15) is 0 Å². The highest BCUT2D eigenvalue weighted by Crippen LogP contribution is 2.32. The molecule has 8 heteroatoms. The number of nitrogens with one attached hydrogen (secondary N) is 1. The predicted octanol–water partition coefficient (Wildman–Crippen LogP) is 3.46. The van der Waals surface area contributed by atoms with E-state index in [1.807, 2.05) is 25.1 Å². The van der Waals surface area contributed by atoms with Gasteiger partial charge in [-0.15, -0.1) is 0 Å². The third kappa shape index (κ3) is 4.47. The minimum atomic E-state index is -0.262. The highest BCUT2D eigenvalue weighted by molar-refractivity contribution is 6.12. The molecule has 2 saturated heterocycles. The maximum atomic E-state index is 13.5. The normalized spacial score (nSPS) is 16.9. The van der Waals surface area contributed by atoms with Crippen LogP contribution in [0, 0.1) is 6.92 Å². The van der Waals surface area contributed by atoms with E-state index >= 15 is 0 Å². The molecule has 5 rings (SSSR count). The smallest absolute Gasteiger partial charge is 0.257 e. The van der Waals surface area contributed by atoms with Gasteiger partial charge in [0.05, 0.1) is 30.0 Å². The number of aryl methyl sites for hydroxylation is 1. The number of nitrogens with zero attached hydrogens (tertiary/aromatic N) is 3. The topological polar surface area (TPSA) is 95.0 Å². The molecule has 0 bridgehead atoms. The summed E-state index contributed by atoms with van der Waals surface area (Å²) < 4.78 is 5.47. The van der Waals surface area contributed by atoms with E-state index in [0.29, 0.717) is 55.2 Å². The van der Waals surface area contributed by atoms with Crippen LogP contribution >= 0.6 is 0 Å². The standard InChI is InChI=1S/C26H28N4O4/c1-17-14-23(31)28-22-8-7-19(15-21(17)22)27-26(33)20-5-2-4-18(16-29-10-12-34-13-11-29)25(20)30-9-3-6-24(30)32/h2,4-5,7-8,14-15H,3,6,9-13,16H2,1H3,(H,27,33)(H,28,31). The molecule has 2 aliphatic heterocycles. The summed E-state index contributed by atoms with van der Waals surface area (Å²) in [6.45, 7) is 6.19. The van der Waals surface area contributed by atoms with E-state index in [4.69, 9.17) is 4.74 Å². The first-order valence-corrected chi connectivity index (χ1v) is 11.6. The second kappa shape index (κ2) is 9.40. The Hall–Kier alpha value is -3.49. The lowest BCUT2D eigenvalue weighted by Gasteiger charge is -2.29. The molecular weight excluding hydrogens is 432 g/mol. The largest absolute Gasteiger partial charge is 0.493 e. The lowest BCUT2D eigenvalue weighted by Crippen LogP contribution is -2.36. The van der Waals surface area contributed by atoms with Gasteiger partial charge in [0.2, 0.25) is 11.8 Å². The van der Waals surface area contributed by atoms with Crippen LogP contribution in [0.25, 0.3) is 10.9 Å². The van der Waals surface area contributed by atoms with Gasteiger partial charge >= 0.3 is 0 Å². The number of carbonyl (C=O) groups excluding carboxylic acids is 2. The van der Waals surface area contributed by atoms with Crippen LogP contribution in [-0.4, -0.2) is 59.7 Å². The van der Waals surface area contributed by atoms with Gasteiger partial charge in [0.25, 0.3) is 5.91 Å².